The molecule has 0 saturated carbocycles. The van der Waals surface area contributed by atoms with Gasteiger partial charge in [0.25, 0.3) is 5.91 Å². The van der Waals surface area contributed by atoms with Gasteiger partial charge in [0.05, 0.1) is 33.2 Å². The minimum atomic E-state index is -0.926. The molecule has 0 radical (unpaired) electrons. The molecule has 0 aliphatic carbocycles. The number of Topliss-reactive ketones (excluding diaryl/α,β-unsaturated/α-hetero) is 1. The zero-order chi connectivity index (χ0) is 30.6. The highest BCUT2D eigenvalue weighted by Crippen LogP contribution is 2.47. The van der Waals surface area contributed by atoms with Crippen molar-refractivity contribution in [2.45, 2.75) is 18.0 Å². The lowest BCUT2D eigenvalue weighted by Gasteiger charge is -2.36. The Labute approximate surface area is 269 Å². The summed E-state index contributed by atoms with van der Waals surface area (Å²) in [6.07, 6.45) is 3.85. The maximum absolute atomic E-state index is 14.7. The highest BCUT2D eigenvalue weighted by Gasteiger charge is 2.57. The molecule has 6 rings (SSSR count). The predicted octanol–water partition coefficient (Wildman–Crippen LogP) is 6.09. The summed E-state index contributed by atoms with van der Waals surface area (Å²) >= 11 is 8.85. The summed E-state index contributed by atoms with van der Waals surface area (Å²) in [6.45, 7) is 2.36. The van der Waals surface area contributed by atoms with E-state index in [0.29, 0.717) is 46.0 Å². The summed E-state index contributed by atoms with van der Waals surface area (Å²) in [5.41, 5.74) is 1.69. The molecule has 4 aromatic rings. The molecule has 2 aliphatic heterocycles. The molecule has 10 heteroatoms. The third-order valence-electron chi connectivity index (χ3n) is 8.25. The number of thiophene rings is 2. The van der Waals surface area contributed by atoms with Crippen LogP contribution in [0.1, 0.15) is 36.4 Å². The summed E-state index contributed by atoms with van der Waals surface area (Å²) in [4.78, 5) is 48.3. The van der Waals surface area contributed by atoms with E-state index in [0.717, 1.165) is 11.1 Å². The van der Waals surface area contributed by atoms with E-state index in [4.69, 9.17) is 16.3 Å². The quantitative estimate of drug-likeness (QED) is 0.235. The summed E-state index contributed by atoms with van der Waals surface area (Å²) in [5.74, 6) is -1.39. The number of carbonyl (C=O) groups excluding carboxylic acids is 3. The number of likely N-dealkylation sites (tertiary alicyclic amines) is 1. The second-order valence-corrected chi connectivity index (χ2v) is 13.4. The van der Waals surface area contributed by atoms with Crippen LogP contribution in [0.2, 0.25) is 4.34 Å². The number of nitrogens with one attached hydrogen (secondary N) is 1. The highest BCUT2D eigenvalue weighted by molar-refractivity contribution is 7.18. The highest BCUT2D eigenvalue weighted by atomic mass is 35.5. The van der Waals surface area contributed by atoms with Crippen LogP contribution in [0.25, 0.3) is 6.08 Å². The van der Waals surface area contributed by atoms with E-state index in [9.17, 15) is 14.4 Å². The molecule has 2 aliphatic rings. The third-order valence-corrected chi connectivity index (χ3v) is 10.4. The lowest BCUT2D eigenvalue weighted by atomic mass is 9.78. The molecule has 226 valence electrons. The smallest absolute Gasteiger partial charge is 0.265 e. The SMILES string of the molecule is COc1cccc(C2C(C(=O)c3ccc(Cl)s3)C(C=Cc3ccccc3)N(C(=O)c3cccs3)C2C(=O)N2CCNCC2)c1. The Morgan fingerprint density at radius 3 is 2.43 bits per heavy atom. The van der Waals surface area contributed by atoms with Gasteiger partial charge in [-0.15, -0.1) is 22.7 Å². The van der Waals surface area contributed by atoms with Gasteiger partial charge >= 0.3 is 0 Å². The Morgan fingerprint density at radius 1 is 0.955 bits per heavy atom. The van der Waals surface area contributed by atoms with Crippen molar-refractivity contribution in [3.63, 3.8) is 0 Å². The number of piperazine rings is 1. The molecule has 2 fully saturated rings. The first kappa shape index (κ1) is 30.3. The van der Waals surface area contributed by atoms with E-state index in [1.807, 2.05) is 83.1 Å². The van der Waals surface area contributed by atoms with Gasteiger partial charge in [-0.2, -0.15) is 0 Å². The molecule has 1 N–H and O–H groups in total. The number of amides is 2. The summed E-state index contributed by atoms with van der Waals surface area (Å²) in [7, 11) is 1.59. The lowest BCUT2D eigenvalue weighted by Crippen LogP contribution is -2.55. The van der Waals surface area contributed by atoms with Crippen LogP contribution in [0.3, 0.4) is 0 Å². The fourth-order valence-electron chi connectivity index (χ4n) is 6.23. The Morgan fingerprint density at radius 2 is 1.75 bits per heavy atom. The minimum Gasteiger partial charge on any atom is -0.497 e. The zero-order valence-corrected chi connectivity index (χ0v) is 26.5. The standard InChI is InChI=1S/C34H32ClN3O4S2/c1-42-24-10-5-9-23(21-24)29-30(32(39)26-14-15-28(35)44-26)25(13-12-22-7-3-2-4-8-22)38(33(40)27-11-6-20-43-27)31(29)34(41)37-18-16-36-17-19-37/h2-15,20-21,25,29-31,36H,16-19H2,1H3. The Kier molecular flexibility index (Phi) is 9.28. The van der Waals surface area contributed by atoms with Crippen LogP contribution < -0.4 is 10.1 Å². The molecule has 0 spiro atoms. The molecule has 44 heavy (non-hydrogen) atoms. The number of ether oxygens (including phenoxy) is 1. The van der Waals surface area contributed by atoms with Crippen molar-refractivity contribution in [1.82, 2.24) is 15.1 Å². The number of rotatable bonds is 8. The summed E-state index contributed by atoms with van der Waals surface area (Å²) in [6, 6.07) is 22.6. The lowest BCUT2D eigenvalue weighted by molar-refractivity contribution is -0.136. The van der Waals surface area contributed by atoms with E-state index >= 15 is 0 Å². The van der Waals surface area contributed by atoms with Crippen LogP contribution in [0.15, 0.2) is 90.3 Å². The van der Waals surface area contributed by atoms with Crippen molar-refractivity contribution in [2.75, 3.05) is 33.3 Å². The molecular formula is C34H32ClN3O4S2. The molecule has 4 heterocycles. The van der Waals surface area contributed by atoms with Crippen molar-refractivity contribution in [2.24, 2.45) is 5.92 Å². The number of hydrogen-bond donors (Lipinski definition) is 1. The van der Waals surface area contributed by atoms with E-state index < -0.39 is 23.9 Å². The van der Waals surface area contributed by atoms with Gasteiger partial charge in [0.2, 0.25) is 5.91 Å². The molecule has 2 saturated heterocycles. The fourth-order valence-corrected chi connectivity index (χ4v) is 7.93. The number of halogens is 1. The minimum absolute atomic E-state index is 0.156. The van der Waals surface area contributed by atoms with Gasteiger partial charge < -0.3 is 19.9 Å². The van der Waals surface area contributed by atoms with Gasteiger partial charge in [-0.25, -0.2) is 0 Å². The van der Waals surface area contributed by atoms with Gasteiger partial charge in [0.15, 0.2) is 5.78 Å². The average molecular weight is 646 g/mol. The number of ketones is 1. The van der Waals surface area contributed by atoms with Gasteiger partial charge in [0, 0.05) is 32.1 Å². The van der Waals surface area contributed by atoms with Gasteiger partial charge in [0.1, 0.15) is 11.8 Å². The van der Waals surface area contributed by atoms with Gasteiger partial charge in [-0.3, -0.25) is 14.4 Å². The topological polar surface area (TPSA) is 79.0 Å². The predicted molar refractivity (Wildman–Crippen MR) is 176 cm³/mol. The van der Waals surface area contributed by atoms with Crippen molar-refractivity contribution >= 4 is 57.9 Å². The van der Waals surface area contributed by atoms with Crippen LogP contribution >= 0.6 is 34.3 Å². The first-order chi connectivity index (χ1) is 21.5. The van der Waals surface area contributed by atoms with Crippen LogP contribution in [-0.4, -0.2) is 72.8 Å². The Balaban J connectivity index is 1.57. The zero-order valence-electron chi connectivity index (χ0n) is 24.1. The second-order valence-electron chi connectivity index (χ2n) is 10.8. The average Bonchev–Trinajstić information content (AvgIpc) is 3.83. The van der Waals surface area contributed by atoms with E-state index in [1.165, 1.54) is 22.7 Å². The fraction of sp³-hybridized carbons (Fsp3) is 0.265. The maximum atomic E-state index is 14.7. The van der Waals surface area contributed by atoms with Crippen molar-refractivity contribution in [1.29, 1.82) is 0 Å². The van der Waals surface area contributed by atoms with E-state index in [1.54, 1.807) is 30.2 Å². The summed E-state index contributed by atoms with van der Waals surface area (Å²) in [5, 5.41) is 5.16. The van der Waals surface area contributed by atoms with E-state index in [2.05, 4.69) is 5.32 Å². The first-order valence-electron chi connectivity index (χ1n) is 14.5. The first-order valence-corrected chi connectivity index (χ1v) is 16.6. The normalized spacial score (nSPS) is 22.0. The van der Waals surface area contributed by atoms with Crippen LogP contribution in [0.5, 0.6) is 5.75 Å². The molecule has 2 aromatic heterocycles. The molecule has 4 unspecified atom stereocenters. The Hall–Kier alpha value is -3.76. The Bertz CT molecular complexity index is 1650. The second kappa shape index (κ2) is 13.5. The number of carbonyl (C=O) groups is 3. The van der Waals surface area contributed by atoms with Crippen LogP contribution in [0, 0.1) is 5.92 Å². The largest absolute Gasteiger partial charge is 0.497 e. The summed E-state index contributed by atoms with van der Waals surface area (Å²) < 4.78 is 6.08. The third kappa shape index (κ3) is 6.10. The number of nitrogens with zero attached hydrogens (tertiary/aromatic N) is 2. The van der Waals surface area contributed by atoms with Crippen LogP contribution in [-0.2, 0) is 4.79 Å². The molecule has 2 aromatic carbocycles. The molecule has 7 nitrogen and oxygen atoms in total. The van der Waals surface area contributed by atoms with Gasteiger partial charge in [-0.05, 0) is 46.8 Å². The molecule has 0 bridgehead atoms. The van der Waals surface area contributed by atoms with Crippen molar-refractivity contribution in [3.8, 4) is 5.75 Å². The van der Waals surface area contributed by atoms with Gasteiger partial charge in [-0.1, -0.05) is 72.3 Å². The molecule has 4 atom stereocenters. The number of methoxy groups -OCH3 is 1. The number of hydrogen-bond acceptors (Lipinski definition) is 7. The number of benzene rings is 2. The van der Waals surface area contributed by atoms with Crippen LogP contribution in [0.4, 0.5) is 0 Å². The monoisotopic (exact) mass is 645 g/mol. The molecular weight excluding hydrogens is 614 g/mol. The molecule has 2 amide bonds. The van der Waals surface area contributed by atoms with E-state index in [-0.39, 0.29) is 17.6 Å². The maximum Gasteiger partial charge on any atom is 0.265 e. The van der Waals surface area contributed by atoms with Crippen molar-refractivity contribution in [3.05, 3.63) is 116 Å². The van der Waals surface area contributed by atoms with Crippen molar-refractivity contribution < 1.29 is 19.1 Å².